The second-order valence-electron chi connectivity index (χ2n) is 5.14. The highest BCUT2D eigenvalue weighted by atomic mass is 32.1. The van der Waals surface area contributed by atoms with Gasteiger partial charge in [0.25, 0.3) is 0 Å². The Hall–Kier alpha value is -0.870. The summed E-state index contributed by atoms with van der Waals surface area (Å²) in [5.41, 5.74) is 0. The topological polar surface area (TPSA) is 41.1 Å². The van der Waals surface area contributed by atoms with E-state index in [2.05, 4.69) is 29.0 Å². The second kappa shape index (κ2) is 4.42. The molecule has 2 bridgehead atoms. The van der Waals surface area contributed by atoms with Crippen molar-refractivity contribution in [1.29, 1.82) is 0 Å². The lowest BCUT2D eigenvalue weighted by Gasteiger charge is -2.21. The summed E-state index contributed by atoms with van der Waals surface area (Å²) in [4.78, 5) is 13.4. The molecule has 0 radical (unpaired) electrons. The fourth-order valence-corrected chi connectivity index (χ4v) is 3.78. The minimum absolute atomic E-state index is 0.140. The third kappa shape index (κ3) is 2.11. The third-order valence-electron chi connectivity index (χ3n) is 3.97. The molecule has 4 heteroatoms. The first-order valence-corrected chi connectivity index (χ1v) is 7.22. The zero-order valence-corrected chi connectivity index (χ0v) is 10.8. The Morgan fingerprint density at radius 1 is 1.59 bits per heavy atom. The van der Waals surface area contributed by atoms with E-state index in [9.17, 15) is 4.79 Å². The van der Waals surface area contributed by atoms with Gasteiger partial charge in [0.15, 0.2) is 0 Å². The molecule has 1 aromatic heterocycles. The average molecular weight is 250 g/mol. The van der Waals surface area contributed by atoms with Crippen LogP contribution in [0.25, 0.3) is 0 Å². The first-order valence-electron chi connectivity index (χ1n) is 6.34. The van der Waals surface area contributed by atoms with Crippen LogP contribution in [0.1, 0.15) is 37.1 Å². The predicted molar refractivity (Wildman–Crippen MR) is 68.9 cm³/mol. The van der Waals surface area contributed by atoms with Crippen molar-refractivity contribution in [2.75, 3.05) is 0 Å². The summed E-state index contributed by atoms with van der Waals surface area (Å²) in [5.74, 6) is 0.418. The molecule has 3 nitrogen and oxygen atoms in total. The van der Waals surface area contributed by atoms with E-state index in [1.807, 2.05) is 6.07 Å². The van der Waals surface area contributed by atoms with Crippen LogP contribution in [0.15, 0.2) is 17.5 Å². The maximum absolute atomic E-state index is 12.2. The Labute approximate surface area is 106 Å². The molecule has 3 heterocycles. The Bertz CT molecular complexity index is 404. The molecule has 2 fully saturated rings. The molecule has 1 amide bonds. The minimum atomic E-state index is 0.140. The van der Waals surface area contributed by atoms with E-state index < -0.39 is 0 Å². The molecular formula is C13H18N2OS. The lowest BCUT2D eigenvalue weighted by atomic mass is 9.88. The monoisotopic (exact) mass is 250 g/mol. The van der Waals surface area contributed by atoms with E-state index in [0.29, 0.717) is 12.1 Å². The molecule has 0 spiro atoms. The molecule has 3 rings (SSSR count). The summed E-state index contributed by atoms with van der Waals surface area (Å²) in [5, 5.41) is 8.70. The number of nitrogens with one attached hydrogen (secondary N) is 2. The van der Waals surface area contributed by atoms with Gasteiger partial charge >= 0.3 is 0 Å². The molecule has 4 atom stereocenters. The second-order valence-corrected chi connectivity index (χ2v) is 6.11. The molecule has 3 unspecified atom stereocenters. The van der Waals surface area contributed by atoms with Gasteiger partial charge in [-0.1, -0.05) is 6.07 Å². The standard InChI is InChI=1S/C13H18N2OS/c1-8(12-3-2-6-17-12)14-13(16)10-7-9-4-5-11(10)15-9/h2-3,6,8-11,15H,4-5,7H2,1H3,(H,14,16)/t8-,9?,10?,11?/m1/s1. The zero-order valence-electron chi connectivity index (χ0n) is 9.98. The Morgan fingerprint density at radius 3 is 3.06 bits per heavy atom. The molecule has 2 aliphatic rings. The summed E-state index contributed by atoms with van der Waals surface area (Å²) in [7, 11) is 0. The van der Waals surface area contributed by atoms with E-state index in [1.165, 1.54) is 11.3 Å². The molecule has 92 valence electrons. The van der Waals surface area contributed by atoms with Crippen molar-refractivity contribution in [2.45, 2.75) is 44.3 Å². The lowest BCUT2D eigenvalue weighted by Crippen LogP contribution is -2.38. The molecule has 2 saturated heterocycles. The van der Waals surface area contributed by atoms with E-state index in [4.69, 9.17) is 0 Å². The van der Waals surface area contributed by atoms with Crippen molar-refractivity contribution in [3.63, 3.8) is 0 Å². The van der Waals surface area contributed by atoms with Crippen molar-refractivity contribution in [3.05, 3.63) is 22.4 Å². The van der Waals surface area contributed by atoms with Crippen LogP contribution < -0.4 is 10.6 Å². The minimum Gasteiger partial charge on any atom is -0.348 e. The maximum Gasteiger partial charge on any atom is 0.225 e. The predicted octanol–water partition coefficient (Wildman–Crippen LogP) is 2.07. The van der Waals surface area contributed by atoms with E-state index in [-0.39, 0.29) is 17.9 Å². The van der Waals surface area contributed by atoms with Crippen molar-refractivity contribution >= 4 is 17.2 Å². The van der Waals surface area contributed by atoms with E-state index in [0.717, 1.165) is 12.8 Å². The normalized spacial score (nSPS) is 32.6. The van der Waals surface area contributed by atoms with Crippen molar-refractivity contribution in [1.82, 2.24) is 10.6 Å². The van der Waals surface area contributed by atoms with Crippen LogP contribution in [0.5, 0.6) is 0 Å². The number of rotatable bonds is 3. The summed E-state index contributed by atoms with van der Waals surface area (Å²) in [6, 6.07) is 5.26. The highest BCUT2D eigenvalue weighted by Gasteiger charge is 2.42. The van der Waals surface area contributed by atoms with Crippen molar-refractivity contribution in [3.8, 4) is 0 Å². The molecular weight excluding hydrogens is 232 g/mol. The third-order valence-corrected chi connectivity index (χ3v) is 5.02. The van der Waals surface area contributed by atoms with Gasteiger partial charge in [0.05, 0.1) is 12.0 Å². The number of thiophene rings is 1. The Morgan fingerprint density at radius 2 is 2.47 bits per heavy atom. The van der Waals surface area contributed by atoms with Crippen LogP contribution in [0, 0.1) is 5.92 Å². The number of amides is 1. The SMILES string of the molecule is C[C@@H](NC(=O)C1CC2CCC1N2)c1cccs1. The summed E-state index contributed by atoms with van der Waals surface area (Å²) < 4.78 is 0. The van der Waals surface area contributed by atoms with Gasteiger partial charge in [0.2, 0.25) is 5.91 Å². The Balaban J connectivity index is 1.60. The van der Waals surface area contributed by atoms with Gasteiger partial charge < -0.3 is 10.6 Å². The molecule has 2 aliphatic heterocycles. The highest BCUT2D eigenvalue weighted by molar-refractivity contribution is 7.10. The zero-order chi connectivity index (χ0) is 11.8. The summed E-state index contributed by atoms with van der Waals surface area (Å²) >= 11 is 1.70. The summed E-state index contributed by atoms with van der Waals surface area (Å²) in [6.07, 6.45) is 3.43. The van der Waals surface area contributed by atoms with Gasteiger partial charge in [-0.2, -0.15) is 0 Å². The Kier molecular flexibility index (Phi) is 2.92. The number of carbonyl (C=O) groups excluding carboxylic acids is 1. The quantitative estimate of drug-likeness (QED) is 0.862. The van der Waals surface area contributed by atoms with Crippen LogP contribution in [-0.4, -0.2) is 18.0 Å². The van der Waals surface area contributed by atoms with Crippen molar-refractivity contribution < 1.29 is 4.79 Å². The highest BCUT2D eigenvalue weighted by Crippen LogP contribution is 2.33. The number of fused-ring (bicyclic) bond motifs is 2. The molecule has 17 heavy (non-hydrogen) atoms. The molecule has 0 saturated carbocycles. The van der Waals surface area contributed by atoms with Crippen LogP contribution in [-0.2, 0) is 4.79 Å². The van der Waals surface area contributed by atoms with Gasteiger partial charge in [0.1, 0.15) is 0 Å². The summed E-state index contributed by atoms with van der Waals surface area (Å²) in [6.45, 7) is 2.06. The number of hydrogen-bond acceptors (Lipinski definition) is 3. The van der Waals surface area contributed by atoms with E-state index >= 15 is 0 Å². The van der Waals surface area contributed by atoms with Gasteiger partial charge in [-0.3, -0.25) is 4.79 Å². The maximum atomic E-state index is 12.2. The van der Waals surface area contributed by atoms with Crippen molar-refractivity contribution in [2.24, 2.45) is 5.92 Å². The number of hydrogen-bond donors (Lipinski definition) is 2. The lowest BCUT2D eigenvalue weighted by molar-refractivity contribution is -0.126. The van der Waals surface area contributed by atoms with Gasteiger partial charge in [0, 0.05) is 17.0 Å². The van der Waals surface area contributed by atoms with E-state index in [1.54, 1.807) is 11.3 Å². The van der Waals surface area contributed by atoms with Gasteiger partial charge in [-0.05, 0) is 37.6 Å². The molecule has 0 aromatic carbocycles. The fourth-order valence-electron chi connectivity index (χ4n) is 3.04. The first-order chi connectivity index (χ1) is 8.24. The number of carbonyl (C=O) groups is 1. The molecule has 0 aliphatic carbocycles. The first kappa shape index (κ1) is 11.2. The molecule has 1 aromatic rings. The molecule has 2 N–H and O–H groups in total. The smallest absolute Gasteiger partial charge is 0.225 e. The van der Waals surface area contributed by atoms with Gasteiger partial charge in [-0.15, -0.1) is 11.3 Å². The fraction of sp³-hybridized carbons (Fsp3) is 0.615. The average Bonchev–Trinajstić information content (AvgIpc) is 3.05. The van der Waals surface area contributed by atoms with Crippen LogP contribution >= 0.6 is 11.3 Å². The van der Waals surface area contributed by atoms with Crippen LogP contribution in [0.3, 0.4) is 0 Å². The largest absolute Gasteiger partial charge is 0.348 e. The van der Waals surface area contributed by atoms with Gasteiger partial charge in [-0.25, -0.2) is 0 Å². The van der Waals surface area contributed by atoms with Crippen LogP contribution in [0.4, 0.5) is 0 Å². The van der Waals surface area contributed by atoms with Crippen LogP contribution in [0.2, 0.25) is 0 Å².